The number of likely N-dealkylation sites (tertiary alicyclic amines) is 1. The Balaban J connectivity index is 1.83. The largest absolute Gasteiger partial charge is 0.695 e. The van der Waals surface area contributed by atoms with Gasteiger partial charge in [-0.15, -0.1) is 9.42 Å². The van der Waals surface area contributed by atoms with E-state index < -0.39 is 14.2 Å². The van der Waals surface area contributed by atoms with E-state index in [4.69, 9.17) is 14.5 Å². The molecule has 0 saturated carbocycles. The summed E-state index contributed by atoms with van der Waals surface area (Å²) < 4.78 is 15.5. The topological polar surface area (TPSA) is 104 Å². The lowest BCUT2D eigenvalue weighted by molar-refractivity contribution is -0.137. The first-order valence-electron chi connectivity index (χ1n) is 10.8. The smallest absolute Gasteiger partial charge is 0.481 e. The lowest BCUT2D eigenvalue weighted by Crippen LogP contribution is -2.29. The number of nitrogens with zero attached hydrogens (tertiary/aromatic N) is 1. The van der Waals surface area contributed by atoms with Gasteiger partial charge in [0.15, 0.2) is 0 Å². The number of carboxylic acid groups (broad SMARTS) is 1. The Morgan fingerprint density at radius 2 is 1.32 bits per heavy atom. The summed E-state index contributed by atoms with van der Waals surface area (Å²) in [5, 5.41) is 8.56. The monoisotopic (exact) mass is 418 g/mol. The van der Waals surface area contributed by atoms with Gasteiger partial charge in [0.25, 0.3) is 0 Å². The predicted octanol–water partition coefficient (Wildman–Crippen LogP) is 4.80. The van der Waals surface area contributed by atoms with Crippen LogP contribution in [0.2, 0.25) is 0 Å². The van der Waals surface area contributed by atoms with Crippen LogP contribution in [0, 0.1) is 0 Å². The van der Waals surface area contributed by atoms with Gasteiger partial charge in [0.1, 0.15) is 6.10 Å². The van der Waals surface area contributed by atoms with Gasteiger partial charge in [-0.3, -0.25) is 9.59 Å². The third kappa shape index (κ3) is 13.2. The maximum absolute atomic E-state index is 12.1. The molecule has 0 aliphatic carbocycles. The highest BCUT2D eigenvalue weighted by molar-refractivity contribution is 7.32. The first kappa shape index (κ1) is 25.0. The van der Waals surface area contributed by atoms with Crippen molar-refractivity contribution in [2.75, 3.05) is 13.1 Å². The highest BCUT2D eigenvalue weighted by atomic mass is 31.1. The van der Waals surface area contributed by atoms with E-state index in [-0.39, 0.29) is 12.0 Å². The molecular formula is C20H37NO6P+. The van der Waals surface area contributed by atoms with Crippen molar-refractivity contribution in [2.45, 2.75) is 102 Å². The number of carbonyl (C=O) groups is 2. The summed E-state index contributed by atoms with van der Waals surface area (Å²) in [6.45, 7) is 1.05. The number of unbranched alkanes of at least 4 members (excludes halogenated alkanes) is 11. The van der Waals surface area contributed by atoms with Crippen molar-refractivity contribution < 1.29 is 28.7 Å². The van der Waals surface area contributed by atoms with Crippen LogP contribution in [-0.2, 0) is 18.7 Å². The molecule has 1 saturated heterocycles. The average molecular weight is 418 g/mol. The second kappa shape index (κ2) is 15.8. The lowest BCUT2D eigenvalue weighted by Gasteiger charge is -2.15. The molecule has 1 amide bonds. The molecule has 2 N–H and O–H groups in total. The van der Waals surface area contributed by atoms with Gasteiger partial charge in [-0.2, -0.15) is 0 Å². The highest BCUT2D eigenvalue weighted by Gasteiger charge is 2.32. The third-order valence-corrected chi connectivity index (χ3v) is 5.75. The fraction of sp³-hybridized carbons (Fsp3) is 0.900. The Bertz CT molecular complexity index is 474. The van der Waals surface area contributed by atoms with Crippen molar-refractivity contribution in [3.05, 3.63) is 0 Å². The quantitative estimate of drug-likeness (QED) is 0.260. The van der Waals surface area contributed by atoms with Gasteiger partial charge in [0.2, 0.25) is 5.91 Å². The molecule has 0 aromatic rings. The van der Waals surface area contributed by atoms with Gasteiger partial charge in [-0.05, 0) is 19.3 Å². The summed E-state index contributed by atoms with van der Waals surface area (Å²) in [5.74, 6) is -0.566. The van der Waals surface area contributed by atoms with Crippen LogP contribution in [0.1, 0.15) is 96.3 Å². The van der Waals surface area contributed by atoms with Crippen molar-refractivity contribution >= 4 is 20.1 Å². The molecule has 0 aromatic heterocycles. The van der Waals surface area contributed by atoms with Gasteiger partial charge in [0.05, 0.1) is 6.54 Å². The molecular weight excluding hydrogens is 381 g/mol. The number of hydrogen-bond acceptors (Lipinski definition) is 4. The van der Waals surface area contributed by atoms with Crippen LogP contribution in [0.4, 0.5) is 0 Å². The maximum Gasteiger partial charge on any atom is 0.695 e. The molecule has 1 heterocycles. The lowest BCUT2D eigenvalue weighted by atomic mass is 10.0. The van der Waals surface area contributed by atoms with E-state index in [0.717, 1.165) is 32.1 Å². The van der Waals surface area contributed by atoms with Crippen LogP contribution in [0.25, 0.3) is 0 Å². The van der Waals surface area contributed by atoms with Crippen molar-refractivity contribution in [1.82, 2.24) is 4.90 Å². The summed E-state index contributed by atoms with van der Waals surface area (Å²) in [7, 11) is -2.59. The Kier molecular flexibility index (Phi) is 14.1. The first-order chi connectivity index (χ1) is 13.5. The molecule has 28 heavy (non-hydrogen) atoms. The minimum Gasteiger partial charge on any atom is -0.481 e. The van der Waals surface area contributed by atoms with E-state index in [9.17, 15) is 14.2 Å². The Morgan fingerprint density at radius 3 is 1.79 bits per heavy atom. The number of rotatable bonds is 17. The van der Waals surface area contributed by atoms with E-state index in [1.54, 1.807) is 4.90 Å². The number of carboxylic acids is 1. The molecule has 2 atom stereocenters. The number of aliphatic carboxylic acids is 1. The molecule has 1 aliphatic heterocycles. The Morgan fingerprint density at radius 1 is 0.857 bits per heavy atom. The zero-order valence-electron chi connectivity index (χ0n) is 17.0. The van der Waals surface area contributed by atoms with Gasteiger partial charge in [-0.25, -0.2) is 0 Å². The molecule has 0 aromatic carbocycles. The van der Waals surface area contributed by atoms with E-state index in [1.165, 1.54) is 44.9 Å². The fourth-order valence-electron chi connectivity index (χ4n) is 3.65. The summed E-state index contributed by atoms with van der Waals surface area (Å²) >= 11 is 0. The molecule has 0 bridgehead atoms. The third-order valence-electron chi connectivity index (χ3n) is 5.27. The molecule has 0 radical (unpaired) electrons. The Labute approximate surface area is 169 Å². The van der Waals surface area contributed by atoms with Crippen molar-refractivity contribution in [2.24, 2.45) is 0 Å². The van der Waals surface area contributed by atoms with Crippen molar-refractivity contribution in [1.29, 1.82) is 0 Å². The minimum absolute atomic E-state index is 0.127. The molecule has 162 valence electrons. The standard InChI is InChI=1S/C20H36NO6P/c22-19(21-16-15-18(17-21)27-28(25)26)13-11-9-7-5-3-1-2-4-6-8-10-12-14-20(23)24/h18H,1-17H2,(H-,23,24,25,26)/p+1/t18-/m0/s1. The normalized spacial score (nSPS) is 17.1. The Hall–Kier alpha value is -1.04. The van der Waals surface area contributed by atoms with Gasteiger partial charge < -0.3 is 10.0 Å². The van der Waals surface area contributed by atoms with Crippen LogP contribution in [0.15, 0.2) is 0 Å². The molecule has 1 aliphatic rings. The van der Waals surface area contributed by atoms with E-state index in [2.05, 4.69) is 0 Å². The maximum atomic E-state index is 12.1. The average Bonchev–Trinajstić information content (AvgIpc) is 3.09. The van der Waals surface area contributed by atoms with Gasteiger partial charge in [0, 0.05) is 24.0 Å². The summed E-state index contributed by atoms with van der Waals surface area (Å²) in [5.41, 5.74) is 0. The van der Waals surface area contributed by atoms with Crippen LogP contribution < -0.4 is 0 Å². The number of amides is 1. The van der Waals surface area contributed by atoms with E-state index in [1.807, 2.05) is 0 Å². The summed E-state index contributed by atoms with van der Waals surface area (Å²) in [4.78, 5) is 33.0. The number of carbonyl (C=O) groups excluding carboxylic acids is 1. The van der Waals surface area contributed by atoms with Crippen LogP contribution >= 0.6 is 8.25 Å². The van der Waals surface area contributed by atoms with E-state index >= 15 is 0 Å². The SMILES string of the molecule is O=C(O)CCCCCCCCCCCCCCC(=O)N1CC[C@H](O[P+](=O)O)C1. The second-order valence-electron chi connectivity index (χ2n) is 7.73. The van der Waals surface area contributed by atoms with Crippen molar-refractivity contribution in [3.8, 4) is 0 Å². The molecule has 1 unspecified atom stereocenters. The van der Waals surface area contributed by atoms with Crippen LogP contribution in [0.5, 0.6) is 0 Å². The molecule has 1 rings (SSSR count). The fourth-order valence-corrected chi connectivity index (χ4v) is 4.07. The molecule has 8 heteroatoms. The second-order valence-corrected chi connectivity index (χ2v) is 8.42. The number of hydrogen-bond donors (Lipinski definition) is 2. The molecule has 0 spiro atoms. The molecule has 7 nitrogen and oxygen atoms in total. The van der Waals surface area contributed by atoms with Crippen molar-refractivity contribution in [3.63, 3.8) is 0 Å². The first-order valence-corrected chi connectivity index (χ1v) is 11.9. The minimum atomic E-state index is -2.59. The zero-order chi connectivity index (χ0) is 20.6. The van der Waals surface area contributed by atoms with Crippen LogP contribution in [-0.4, -0.2) is 46.0 Å². The van der Waals surface area contributed by atoms with Crippen LogP contribution in [0.3, 0.4) is 0 Å². The summed E-state index contributed by atoms with van der Waals surface area (Å²) in [6, 6.07) is 0. The highest BCUT2D eigenvalue weighted by Crippen LogP contribution is 2.24. The van der Waals surface area contributed by atoms with Gasteiger partial charge >= 0.3 is 14.2 Å². The van der Waals surface area contributed by atoms with Gasteiger partial charge in [-0.1, -0.05) is 64.2 Å². The summed E-state index contributed by atoms with van der Waals surface area (Å²) in [6.07, 6.45) is 14.7. The molecule has 1 fully saturated rings. The zero-order valence-corrected chi connectivity index (χ0v) is 17.9. The predicted molar refractivity (Wildman–Crippen MR) is 108 cm³/mol. The van der Waals surface area contributed by atoms with E-state index in [0.29, 0.717) is 32.4 Å².